The van der Waals surface area contributed by atoms with E-state index < -0.39 is 17.6 Å². The van der Waals surface area contributed by atoms with Crippen LogP contribution in [0.3, 0.4) is 0 Å². The molecular formula is C7H10F3NO2. The van der Waals surface area contributed by atoms with Crippen molar-refractivity contribution in [1.82, 2.24) is 5.32 Å². The van der Waals surface area contributed by atoms with Gasteiger partial charge >= 0.3 is 12.1 Å². The maximum absolute atomic E-state index is 12.5. The van der Waals surface area contributed by atoms with E-state index in [2.05, 4.69) is 10.1 Å². The Balaban J connectivity index is 2.94. The molecule has 0 aliphatic carbocycles. The zero-order chi connectivity index (χ0) is 10.1. The molecule has 3 nitrogen and oxygen atoms in total. The van der Waals surface area contributed by atoms with Crippen LogP contribution in [0.5, 0.6) is 0 Å². The van der Waals surface area contributed by atoms with Crippen molar-refractivity contribution >= 4 is 5.97 Å². The molecule has 0 spiro atoms. The Kier molecular flexibility index (Phi) is 2.51. The number of halogens is 3. The number of nitrogens with one attached hydrogen (secondary N) is 1. The van der Waals surface area contributed by atoms with Crippen LogP contribution in [0.4, 0.5) is 13.2 Å². The van der Waals surface area contributed by atoms with Crippen LogP contribution in [-0.2, 0) is 9.53 Å². The van der Waals surface area contributed by atoms with E-state index in [1.165, 1.54) is 0 Å². The third kappa shape index (κ3) is 1.50. The molecule has 76 valence electrons. The summed E-state index contributed by atoms with van der Waals surface area (Å²) in [5.41, 5.74) is -2.33. The highest BCUT2D eigenvalue weighted by Crippen LogP contribution is 2.43. The summed E-state index contributed by atoms with van der Waals surface area (Å²) in [7, 11) is 0.966. The highest BCUT2D eigenvalue weighted by molar-refractivity contribution is 5.78. The second kappa shape index (κ2) is 3.17. The summed E-state index contributed by atoms with van der Waals surface area (Å²) in [5, 5.41) is 2.51. The Morgan fingerprint density at radius 1 is 1.54 bits per heavy atom. The summed E-state index contributed by atoms with van der Waals surface area (Å²) in [6.07, 6.45) is -4.78. The number of hydrogen-bond donors (Lipinski definition) is 1. The molecule has 1 aliphatic heterocycles. The van der Waals surface area contributed by atoms with Crippen molar-refractivity contribution in [2.45, 2.75) is 12.6 Å². The fourth-order valence-electron chi connectivity index (χ4n) is 1.42. The minimum Gasteiger partial charge on any atom is -0.468 e. The molecule has 0 saturated carbocycles. The maximum Gasteiger partial charge on any atom is 0.406 e. The summed E-state index contributed by atoms with van der Waals surface area (Å²) in [6.45, 7) is -0.197. The highest BCUT2D eigenvalue weighted by Gasteiger charge is 2.62. The molecule has 0 radical (unpaired) electrons. The Morgan fingerprint density at radius 2 is 2.15 bits per heavy atom. The molecule has 1 atom stereocenters. The Bertz CT molecular complexity index is 208. The fraction of sp³-hybridized carbons (Fsp3) is 0.857. The lowest BCUT2D eigenvalue weighted by molar-refractivity contribution is -0.227. The summed E-state index contributed by atoms with van der Waals surface area (Å²) in [6, 6.07) is 0. The second-order valence-corrected chi connectivity index (χ2v) is 3.00. The van der Waals surface area contributed by atoms with Crippen LogP contribution < -0.4 is 5.32 Å². The molecule has 0 aromatic carbocycles. The predicted octanol–water partition coefficient (Wildman–Crippen LogP) is 0.701. The summed E-state index contributed by atoms with van der Waals surface area (Å²) in [4.78, 5) is 11.0. The first-order valence-electron chi connectivity index (χ1n) is 3.80. The van der Waals surface area contributed by atoms with Crippen LogP contribution in [0.25, 0.3) is 0 Å². The molecular weight excluding hydrogens is 187 g/mol. The van der Waals surface area contributed by atoms with Gasteiger partial charge in [-0.05, 0) is 13.0 Å². The zero-order valence-electron chi connectivity index (χ0n) is 7.07. The molecule has 6 heteroatoms. The zero-order valence-corrected chi connectivity index (χ0v) is 7.07. The normalized spacial score (nSPS) is 28.9. The van der Waals surface area contributed by atoms with Crippen LogP contribution >= 0.6 is 0 Å². The van der Waals surface area contributed by atoms with Crippen molar-refractivity contribution in [3.8, 4) is 0 Å². The number of methoxy groups -OCH3 is 1. The van der Waals surface area contributed by atoms with Gasteiger partial charge in [0, 0.05) is 6.54 Å². The number of hydrogen-bond acceptors (Lipinski definition) is 3. The van der Waals surface area contributed by atoms with Gasteiger partial charge in [-0.15, -0.1) is 0 Å². The molecule has 13 heavy (non-hydrogen) atoms. The smallest absolute Gasteiger partial charge is 0.406 e. The topological polar surface area (TPSA) is 38.3 Å². The van der Waals surface area contributed by atoms with Gasteiger partial charge in [-0.3, -0.25) is 4.79 Å². The maximum atomic E-state index is 12.5. The molecule has 0 bridgehead atoms. The van der Waals surface area contributed by atoms with Gasteiger partial charge in [-0.2, -0.15) is 13.2 Å². The third-order valence-electron chi connectivity index (χ3n) is 2.27. The van der Waals surface area contributed by atoms with Crippen LogP contribution in [0.1, 0.15) is 6.42 Å². The van der Waals surface area contributed by atoms with Gasteiger partial charge in [0.15, 0.2) is 5.41 Å². The first kappa shape index (κ1) is 10.3. The van der Waals surface area contributed by atoms with E-state index in [0.29, 0.717) is 0 Å². The molecule has 1 fully saturated rings. The molecule has 1 saturated heterocycles. The van der Waals surface area contributed by atoms with Gasteiger partial charge in [0.25, 0.3) is 0 Å². The molecule has 0 unspecified atom stereocenters. The number of rotatable bonds is 1. The van der Waals surface area contributed by atoms with Crippen molar-refractivity contribution < 1.29 is 22.7 Å². The van der Waals surface area contributed by atoms with E-state index in [9.17, 15) is 18.0 Å². The lowest BCUT2D eigenvalue weighted by atomic mass is 9.86. The summed E-state index contributed by atoms with van der Waals surface area (Å²) in [5.74, 6) is -1.20. The number of ether oxygens (including phenoxy) is 1. The van der Waals surface area contributed by atoms with Crippen molar-refractivity contribution in [3.63, 3.8) is 0 Å². The number of carbonyl (C=O) groups is 1. The van der Waals surface area contributed by atoms with Gasteiger partial charge in [0.1, 0.15) is 0 Å². The van der Waals surface area contributed by atoms with Crippen LogP contribution in [0.2, 0.25) is 0 Å². The van der Waals surface area contributed by atoms with E-state index in [-0.39, 0.29) is 19.5 Å². The van der Waals surface area contributed by atoms with Gasteiger partial charge < -0.3 is 10.1 Å². The predicted molar refractivity (Wildman–Crippen MR) is 38.0 cm³/mol. The summed E-state index contributed by atoms with van der Waals surface area (Å²) < 4.78 is 41.7. The first-order chi connectivity index (χ1) is 5.94. The molecule has 1 aliphatic rings. The van der Waals surface area contributed by atoms with Crippen molar-refractivity contribution in [2.75, 3.05) is 20.2 Å². The van der Waals surface area contributed by atoms with Crippen molar-refractivity contribution in [1.29, 1.82) is 0 Å². The van der Waals surface area contributed by atoms with Crippen LogP contribution in [-0.4, -0.2) is 32.3 Å². The Hall–Kier alpha value is -0.780. The molecule has 1 N–H and O–H groups in total. The quantitative estimate of drug-likeness (QED) is 0.629. The van der Waals surface area contributed by atoms with Gasteiger partial charge in [-0.1, -0.05) is 0 Å². The van der Waals surface area contributed by atoms with E-state index in [0.717, 1.165) is 7.11 Å². The van der Waals surface area contributed by atoms with Gasteiger partial charge in [-0.25, -0.2) is 0 Å². The van der Waals surface area contributed by atoms with Crippen LogP contribution in [0, 0.1) is 5.41 Å². The second-order valence-electron chi connectivity index (χ2n) is 3.00. The van der Waals surface area contributed by atoms with E-state index >= 15 is 0 Å². The standard InChI is InChI=1S/C7H10F3NO2/c1-13-5(12)6(7(8,9)10)2-3-11-4-6/h11H,2-4H2,1H3/t6-/m1/s1. The molecule has 1 rings (SSSR count). The van der Waals surface area contributed by atoms with Gasteiger partial charge in [0.2, 0.25) is 0 Å². The monoisotopic (exact) mass is 197 g/mol. The minimum atomic E-state index is -4.54. The van der Waals surface area contributed by atoms with Crippen LogP contribution in [0.15, 0.2) is 0 Å². The Labute approximate surface area is 73.2 Å². The minimum absolute atomic E-state index is 0.189. The van der Waals surface area contributed by atoms with Crippen molar-refractivity contribution in [3.05, 3.63) is 0 Å². The molecule has 1 heterocycles. The number of alkyl halides is 3. The largest absolute Gasteiger partial charge is 0.468 e. The number of esters is 1. The highest BCUT2D eigenvalue weighted by atomic mass is 19.4. The number of carbonyl (C=O) groups excluding carboxylic acids is 1. The average molecular weight is 197 g/mol. The average Bonchev–Trinajstić information content (AvgIpc) is 2.50. The van der Waals surface area contributed by atoms with E-state index in [1.807, 2.05) is 0 Å². The lowest BCUT2D eigenvalue weighted by Gasteiger charge is -2.27. The Morgan fingerprint density at radius 3 is 2.46 bits per heavy atom. The third-order valence-corrected chi connectivity index (χ3v) is 2.27. The van der Waals surface area contributed by atoms with Gasteiger partial charge in [0.05, 0.1) is 7.11 Å². The first-order valence-corrected chi connectivity index (χ1v) is 3.80. The van der Waals surface area contributed by atoms with E-state index in [1.54, 1.807) is 0 Å². The fourth-order valence-corrected chi connectivity index (χ4v) is 1.42. The molecule has 0 aromatic rings. The molecule has 0 amide bonds. The van der Waals surface area contributed by atoms with Crippen molar-refractivity contribution in [2.24, 2.45) is 5.41 Å². The molecule has 0 aromatic heterocycles. The SMILES string of the molecule is COC(=O)[C@@]1(C(F)(F)F)CCNC1. The summed E-state index contributed by atoms with van der Waals surface area (Å²) >= 11 is 0. The lowest BCUT2D eigenvalue weighted by Crippen LogP contribution is -2.47. The van der Waals surface area contributed by atoms with E-state index in [4.69, 9.17) is 0 Å².